The first-order chi connectivity index (χ1) is 30.0. The van der Waals surface area contributed by atoms with Gasteiger partial charge < -0.3 is 91.6 Å². The summed E-state index contributed by atoms with van der Waals surface area (Å²) in [7, 11) is 13.5. The molecule has 0 radical (unpaired) electrons. The molecule has 0 bridgehead atoms. The predicted octanol–water partition coefficient (Wildman–Crippen LogP) is 14.8. The van der Waals surface area contributed by atoms with Crippen molar-refractivity contribution in [1.29, 1.82) is 0 Å². The summed E-state index contributed by atoms with van der Waals surface area (Å²) in [6.07, 6.45) is 23.3. The van der Waals surface area contributed by atoms with E-state index in [1.807, 2.05) is 0 Å². The van der Waals surface area contributed by atoms with Crippen molar-refractivity contribution < 1.29 is 133 Å². The van der Waals surface area contributed by atoms with Crippen LogP contribution in [0.1, 0.15) is 234 Å². The van der Waals surface area contributed by atoms with Crippen LogP contribution in [-0.2, 0) is 86.9 Å². The normalized spacial score (nSPS) is 13.1. The average molecular weight is 1220 g/mol. The van der Waals surface area contributed by atoms with Crippen LogP contribution in [0.3, 0.4) is 0 Å². The van der Waals surface area contributed by atoms with Crippen LogP contribution in [0, 0.1) is 53.4 Å². The Kier molecular flexibility index (Phi) is 211. The standard InChI is InChI=1S/4C6H12.3C4H10O.3C3H8O.3C2H6N.3CH4O.4CH3.4Ti/c4*1-6-4-2-3-5-6;3*1-4(2,3)5;3*1-3(2)4;3*1-3-2;3*1-2;;;;;;;;/h4*6H,2-5H2,1H3;3*5H,1-3H3;3*3-4H,1-2H3;3*1-2H3;3*2H,1H3;4*1H3;;;;/q;;;;;;;;;;3*-1;;;;4*-1;;;;+4. The molecular weight excluding hydrogens is 1070 g/mol. The molecule has 0 atom stereocenters. The smallest absolute Gasteiger partial charge is 0.668 e. The zero-order valence-electron chi connectivity index (χ0n) is 56.2. The second-order valence-corrected chi connectivity index (χ2v) is 20.7. The van der Waals surface area contributed by atoms with Crippen LogP contribution in [0.25, 0.3) is 16.0 Å². The minimum absolute atomic E-state index is 0. The van der Waals surface area contributed by atoms with E-state index in [1.165, 1.54) is 103 Å². The summed E-state index contributed by atoms with van der Waals surface area (Å²) in [6, 6.07) is 0. The zero-order chi connectivity index (χ0) is 56.0. The summed E-state index contributed by atoms with van der Waals surface area (Å²) in [5, 5.41) is 81.2. The number of aliphatic hydroxyl groups is 9. The third-order valence-electron chi connectivity index (χ3n) is 6.58. The third-order valence-corrected chi connectivity index (χ3v) is 6.58. The molecule has 4 aliphatic carbocycles. The van der Waals surface area contributed by atoms with E-state index in [0.717, 1.165) is 45.0 Å². The fourth-order valence-electron chi connectivity index (χ4n) is 4.52. The van der Waals surface area contributed by atoms with Gasteiger partial charge in [0.05, 0.1) is 16.8 Å². The molecule has 0 unspecified atom stereocenters. The fourth-order valence-corrected chi connectivity index (χ4v) is 4.52. The van der Waals surface area contributed by atoms with Crippen molar-refractivity contribution >= 4 is 0 Å². The molecule has 0 saturated heterocycles. The minimum Gasteiger partial charge on any atom is -0.668 e. The average Bonchev–Trinajstić information content (AvgIpc) is 3.99. The van der Waals surface area contributed by atoms with Gasteiger partial charge >= 0.3 is 21.7 Å². The number of rotatable bonds is 0. The Hall–Kier alpha value is 2.38. The van der Waals surface area contributed by atoms with Crippen LogP contribution >= 0.6 is 0 Å². The van der Waals surface area contributed by atoms with Crippen molar-refractivity contribution in [2.24, 2.45) is 23.7 Å². The van der Waals surface area contributed by atoms with Gasteiger partial charge in [0.25, 0.3) is 0 Å². The van der Waals surface area contributed by atoms with E-state index in [1.54, 1.807) is 146 Å². The monoisotopic (exact) mass is 1220 g/mol. The van der Waals surface area contributed by atoms with Crippen LogP contribution < -0.4 is 0 Å². The van der Waals surface area contributed by atoms with Crippen molar-refractivity contribution in [3.63, 3.8) is 0 Å². The molecule has 0 amide bonds. The van der Waals surface area contributed by atoms with Crippen molar-refractivity contribution in [1.82, 2.24) is 0 Å². The number of aliphatic hydroxyl groups excluding tert-OH is 6. The Bertz CT molecular complexity index is 570. The molecule has 4 aliphatic rings. The van der Waals surface area contributed by atoms with Crippen molar-refractivity contribution in [3.05, 3.63) is 45.7 Å². The topological polar surface area (TPSA) is 224 Å². The van der Waals surface area contributed by atoms with Crippen molar-refractivity contribution in [3.8, 4) is 0 Å². The molecule has 4 fully saturated rings. The Balaban J connectivity index is -0.0000000234. The predicted molar refractivity (Wildman–Crippen MR) is 324 cm³/mol. The molecule has 0 spiro atoms. The zero-order valence-corrected chi connectivity index (χ0v) is 62.5. The van der Waals surface area contributed by atoms with Gasteiger partial charge in [-0.05, 0) is 128 Å². The first-order valence-electron chi connectivity index (χ1n) is 25.0. The van der Waals surface area contributed by atoms with Gasteiger partial charge in [0.15, 0.2) is 0 Å². The van der Waals surface area contributed by atoms with Gasteiger partial charge in [-0.3, -0.25) is 0 Å². The summed E-state index contributed by atoms with van der Waals surface area (Å²) in [5.41, 5.74) is -1.50. The minimum atomic E-state index is -0.500. The number of hydrogen-bond donors (Lipinski definition) is 9. The van der Waals surface area contributed by atoms with Crippen LogP contribution in [-0.4, -0.2) is 145 Å². The second kappa shape index (κ2) is 114. The maximum Gasteiger partial charge on any atom is 4.00 e. The van der Waals surface area contributed by atoms with E-state index in [4.69, 9.17) is 46.0 Å². The van der Waals surface area contributed by atoms with Gasteiger partial charge in [0.2, 0.25) is 0 Å². The van der Waals surface area contributed by atoms with Gasteiger partial charge in [0.1, 0.15) is 0 Å². The summed E-state index contributed by atoms with van der Waals surface area (Å²) in [5.74, 6) is 4.19. The molecule has 9 N–H and O–H groups in total. The number of nitrogens with zero attached hydrogens (tertiary/aromatic N) is 3. The van der Waals surface area contributed by atoms with E-state index in [2.05, 4.69) is 43.6 Å². The van der Waals surface area contributed by atoms with E-state index in [0.29, 0.717) is 0 Å². The summed E-state index contributed by atoms with van der Waals surface area (Å²) in [6.45, 7) is 35.4. The molecule has 4 rings (SSSR count). The Morgan fingerprint density at radius 2 is 0.351 bits per heavy atom. The van der Waals surface area contributed by atoms with Gasteiger partial charge in [-0.2, -0.15) is 42.3 Å². The second-order valence-electron chi connectivity index (χ2n) is 20.7. The van der Waals surface area contributed by atoms with E-state index in [9.17, 15) is 0 Å². The van der Waals surface area contributed by atoms with Crippen molar-refractivity contribution in [2.45, 2.75) is 269 Å². The van der Waals surface area contributed by atoms with Crippen LogP contribution in [0.5, 0.6) is 0 Å². The quantitative estimate of drug-likeness (QED) is 0.0830. The first kappa shape index (κ1) is 137. The van der Waals surface area contributed by atoms with Gasteiger partial charge in [-0.25, -0.2) is 0 Å². The van der Waals surface area contributed by atoms with Crippen LogP contribution in [0.4, 0.5) is 0 Å². The Labute approximate surface area is 530 Å². The van der Waals surface area contributed by atoms with Crippen LogP contribution in [0.2, 0.25) is 0 Å². The summed E-state index contributed by atoms with van der Waals surface area (Å²) < 4.78 is 0. The van der Waals surface area contributed by atoms with Gasteiger partial charge in [-0.15, -0.1) is 0 Å². The summed E-state index contributed by atoms with van der Waals surface area (Å²) >= 11 is 0. The summed E-state index contributed by atoms with van der Waals surface area (Å²) in [4.78, 5) is 0. The molecule has 16 heteroatoms. The molecular formula is C58H144N3O9Ti4-3. The maximum absolute atomic E-state index is 8.52. The molecule has 464 valence electrons. The SMILES string of the molecule is CC(C)(C)O.CC(C)(C)O.CC(C)(C)O.CC(C)O.CC(C)O.CC(C)O.CC1CCCC1.CC1CCCC1.CC1CCCC1.CC1CCCC1.CO.CO.CO.C[N-]C.C[N-]C.C[N-]C.[CH3-].[CH3-].[CH3-].[CH3-].[Ti+4].[Ti].[Ti].[Ti]. The van der Waals surface area contributed by atoms with E-state index in [-0.39, 0.29) is 135 Å². The molecule has 0 aliphatic heterocycles. The maximum atomic E-state index is 8.52. The molecule has 12 nitrogen and oxygen atoms in total. The Morgan fingerprint density at radius 3 is 0.365 bits per heavy atom. The molecule has 0 aromatic heterocycles. The van der Waals surface area contributed by atoms with Gasteiger partial charge in [-0.1, -0.05) is 130 Å². The first-order valence-corrected chi connectivity index (χ1v) is 25.0. The third kappa shape index (κ3) is 434. The Morgan fingerprint density at radius 1 is 0.311 bits per heavy atom. The molecule has 74 heavy (non-hydrogen) atoms. The largest absolute Gasteiger partial charge is 4.00 e. The number of hydrogen-bond acceptors (Lipinski definition) is 9. The fraction of sp³-hybridized carbons (Fsp3) is 0.931. The molecule has 4 saturated carbocycles. The van der Waals surface area contributed by atoms with E-state index >= 15 is 0 Å². The van der Waals surface area contributed by atoms with Crippen molar-refractivity contribution in [2.75, 3.05) is 63.6 Å². The van der Waals surface area contributed by atoms with Crippen LogP contribution in [0.15, 0.2) is 0 Å². The molecule has 0 heterocycles. The molecule has 0 aromatic rings. The van der Waals surface area contributed by atoms with Gasteiger partial charge in [0, 0.05) is 105 Å². The molecule has 0 aromatic carbocycles. The van der Waals surface area contributed by atoms with E-state index < -0.39 is 16.8 Å².